The van der Waals surface area contributed by atoms with Gasteiger partial charge in [0.15, 0.2) is 17.3 Å². The fraction of sp³-hybridized carbons (Fsp3) is 0.294. The predicted molar refractivity (Wildman–Crippen MR) is 92.2 cm³/mol. The molecule has 0 radical (unpaired) electrons. The SMILES string of the molecule is Cc1nc(Cn2cc(C)c(=O)[nH]c2=O)n(-c2ccc3c(c2)OCCO3)n1. The Morgan fingerprint density at radius 2 is 1.92 bits per heavy atom. The van der Waals surface area contributed by atoms with Crippen LogP contribution in [0.2, 0.25) is 0 Å². The van der Waals surface area contributed by atoms with Gasteiger partial charge in [0.05, 0.1) is 12.2 Å². The standard InChI is InChI=1S/C17H17N5O4/c1-10-8-21(17(24)19-16(10)23)9-15-18-11(2)20-22(15)12-3-4-13-14(7-12)26-6-5-25-13/h3-4,7-8H,5-6,9H2,1-2H3,(H,19,23,24). The van der Waals surface area contributed by atoms with Crippen LogP contribution in [0.25, 0.3) is 5.69 Å². The Kier molecular flexibility index (Phi) is 3.83. The minimum absolute atomic E-state index is 0.172. The molecule has 2 aromatic heterocycles. The summed E-state index contributed by atoms with van der Waals surface area (Å²) in [6.45, 7) is 4.61. The lowest BCUT2D eigenvalue weighted by Crippen LogP contribution is -2.31. The lowest BCUT2D eigenvalue weighted by molar-refractivity contribution is 0.171. The van der Waals surface area contributed by atoms with Crippen LogP contribution in [0.15, 0.2) is 34.0 Å². The molecule has 1 aliphatic rings. The number of benzene rings is 1. The van der Waals surface area contributed by atoms with Crippen LogP contribution in [-0.4, -0.2) is 37.5 Å². The Hall–Kier alpha value is -3.36. The summed E-state index contributed by atoms with van der Waals surface area (Å²) < 4.78 is 14.2. The van der Waals surface area contributed by atoms with Crippen molar-refractivity contribution < 1.29 is 9.47 Å². The first-order valence-electron chi connectivity index (χ1n) is 8.14. The zero-order valence-electron chi connectivity index (χ0n) is 14.4. The first-order chi connectivity index (χ1) is 12.5. The lowest BCUT2D eigenvalue weighted by Gasteiger charge is -2.19. The van der Waals surface area contributed by atoms with Crippen molar-refractivity contribution in [2.24, 2.45) is 0 Å². The van der Waals surface area contributed by atoms with Crippen molar-refractivity contribution in [2.75, 3.05) is 13.2 Å². The smallest absolute Gasteiger partial charge is 0.328 e. The zero-order chi connectivity index (χ0) is 18.3. The van der Waals surface area contributed by atoms with E-state index >= 15 is 0 Å². The van der Waals surface area contributed by atoms with Gasteiger partial charge in [0.1, 0.15) is 19.0 Å². The third kappa shape index (κ3) is 2.87. The maximum atomic E-state index is 12.1. The van der Waals surface area contributed by atoms with Crippen LogP contribution in [0, 0.1) is 13.8 Å². The van der Waals surface area contributed by atoms with Crippen molar-refractivity contribution >= 4 is 0 Å². The highest BCUT2D eigenvalue weighted by Crippen LogP contribution is 2.32. The van der Waals surface area contributed by atoms with Crippen LogP contribution < -0.4 is 20.7 Å². The molecule has 0 spiro atoms. The number of aromatic nitrogens is 5. The maximum absolute atomic E-state index is 12.1. The summed E-state index contributed by atoms with van der Waals surface area (Å²) in [4.78, 5) is 30.3. The van der Waals surface area contributed by atoms with E-state index in [0.717, 1.165) is 5.69 Å². The number of nitrogens with zero attached hydrogens (tertiary/aromatic N) is 4. The third-order valence-electron chi connectivity index (χ3n) is 4.05. The Morgan fingerprint density at radius 1 is 1.15 bits per heavy atom. The summed E-state index contributed by atoms with van der Waals surface area (Å²) in [5, 5.41) is 4.42. The minimum atomic E-state index is -0.491. The molecule has 134 valence electrons. The quantitative estimate of drug-likeness (QED) is 0.736. The van der Waals surface area contributed by atoms with Crippen molar-refractivity contribution in [1.82, 2.24) is 24.3 Å². The van der Waals surface area contributed by atoms with Gasteiger partial charge in [-0.05, 0) is 26.0 Å². The third-order valence-corrected chi connectivity index (χ3v) is 4.05. The summed E-state index contributed by atoms with van der Waals surface area (Å²) in [5.74, 6) is 2.47. The van der Waals surface area contributed by atoms with Gasteiger partial charge < -0.3 is 9.47 Å². The summed E-state index contributed by atoms with van der Waals surface area (Å²) in [7, 11) is 0. The van der Waals surface area contributed by atoms with E-state index in [0.29, 0.717) is 41.9 Å². The molecule has 0 aliphatic carbocycles. The number of hydrogen-bond donors (Lipinski definition) is 1. The first-order valence-corrected chi connectivity index (χ1v) is 8.14. The molecule has 0 fully saturated rings. The second-order valence-corrected chi connectivity index (χ2v) is 6.01. The number of rotatable bonds is 3. The predicted octanol–water partition coefficient (Wildman–Crippen LogP) is 0.554. The molecule has 26 heavy (non-hydrogen) atoms. The highest BCUT2D eigenvalue weighted by atomic mass is 16.6. The van der Waals surface area contributed by atoms with Crippen LogP contribution in [-0.2, 0) is 6.54 Å². The van der Waals surface area contributed by atoms with E-state index in [9.17, 15) is 9.59 Å². The Balaban J connectivity index is 1.75. The van der Waals surface area contributed by atoms with E-state index < -0.39 is 11.2 Å². The molecule has 0 unspecified atom stereocenters. The Morgan fingerprint density at radius 3 is 2.73 bits per heavy atom. The van der Waals surface area contributed by atoms with E-state index in [2.05, 4.69) is 15.1 Å². The molecule has 0 saturated heterocycles. The molecule has 3 aromatic rings. The average molecular weight is 355 g/mol. The van der Waals surface area contributed by atoms with E-state index in [-0.39, 0.29) is 6.54 Å². The highest BCUT2D eigenvalue weighted by Gasteiger charge is 2.16. The normalized spacial score (nSPS) is 13.0. The van der Waals surface area contributed by atoms with E-state index in [1.807, 2.05) is 18.2 Å². The number of hydrogen-bond acceptors (Lipinski definition) is 6. The molecule has 9 heteroatoms. The monoisotopic (exact) mass is 355 g/mol. The van der Waals surface area contributed by atoms with Crippen LogP contribution in [0.1, 0.15) is 17.2 Å². The molecule has 0 bridgehead atoms. The molecule has 1 aliphatic heterocycles. The lowest BCUT2D eigenvalue weighted by atomic mass is 10.2. The van der Waals surface area contributed by atoms with Gasteiger partial charge in [0.25, 0.3) is 5.56 Å². The molecule has 9 nitrogen and oxygen atoms in total. The van der Waals surface area contributed by atoms with Gasteiger partial charge >= 0.3 is 5.69 Å². The molecule has 1 N–H and O–H groups in total. The largest absolute Gasteiger partial charge is 0.486 e. The average Bonchev–Trinajstić information content (AvgIpc) is 2.99. The molecular weight excluding hydrogens is 338 g/mol. The number of ether oxygens (including phenoxy) is 2. The van der Waals surface area contributed by atoms with E-state index in [4.69, 9.17) is 9.47 Å². The molecule has 3 heterocycles. The molecule has 4 rings (SSSR count). The topological polar surface area (TPSA) is 104 Å². The van der Waals surface area contributed by atoms with Gasteiger partial charge in [-0.2, -0.15) is 5.10 Å². The molecule has 0 atom stereocenters. The van der Waals surface area contributed by atoms with Crippen LogP contribution in [0.4, 0.5) is 0 Å². The Bertz CT molecular complexity index is 1100. The molecule has 0 amide bonds. The van der Waals surface area contributed by atoms with Crippen LogP contribution >= 0.6 is 0 Å². The maximum Gasteiger partial charge on any atom is 0.328 e. The highest BCUT2D eigenvalue weighted by molar-refractivity contribution is 5.49. The summed E-state index contributed by atoms with van der Waals surface area (Å²) in [5.41, 5.74) is 0.316. The molecule has 0 saturated carbocycles. The summed E-state index contributed by atoms with van der Waals surface area (Å²) >= 11 is 0. The van der Waals surface area contributed by atoms with Gasteiger partial charge in [-0.1, -0.05) is 0 Å². The van der Waals surface area contributed by atoms with Crippen molar-refractivity contribution in [2.45, 2.75) is 20.4 Å². The van der Waals surface area contributed by atoms with Crippen LogP contribution in [0.5, 0.6) is 11.5 Å². The van der Waals surface area contributed by atoms with Crippen molar-refractivity contribution in [3.05, 3.63) is 62.4 Å². The number of fused-ring (bicyclic) bond motifs is 1. The van der Waals surface area contributed by atoms with E-state index in [1.165, 1.54) is 10.8 Å². The number of nitrogens with one attached hydrogen (secondary N) is 1. The van der Waals surface area contributed by atoms with Crippen LogP contribution in [0.3, 0.4) is 0 Å². The molecule has 1 aromatic carbocycles. The van der Waals surface area contributed by atoms with Gasteiger partial charge in [-0.25, -0.2) is 14.5 Å². The minimum Gasteiger partial charge on any atom is -0.486 e. The number of aromatic amines is 1. The Labute approximate surface area is 147 Å². The fourth-order valence-electron chi connectivity index (χ4n) is 2.82. The van der Waals surface area contributed by atoms with E-state index in [1.54, 1.807) is 18.5 Å². The van der Waals surface area contributed by atoms with Crippen molar-refractivity contribution in [3.8, 4) is 17.2 Å². The van der Waals surface area contributed by atoms with Gasteiger partial charge in [-0.3, -0.25) is 14.3 Å². The zero-order valence-corrected chi connectivity index (χ0v) is 14.4. The van der Waals surface area contributed by atoms with Gasteiger partial charge in [0.2, 0.25) is 0 Å². The van der Waals surface area contributed by atoms with Crippen molar-refractivity contribution in [1.29, 1.82) is 0 Å². The van der Waals surface area contributed by atoms with Gasteiger partial charge in [0, 0.05) is 17.8 Å². The summed E-state index contributed by atoms with van der Waals surface area (Å²) in [6.07, 6.45) is 1.51. The van der Waals surface area contributed by atoms with Crippen molar-refractivity contribution in [3.63, 3.8) is 0 Å². The molecular formula is C17H17N5O4. The first kappa shape index (κ1) is 16.1. The second-order valence-electron chi connectivity index (χ2n) is 6.01. The second kappa shape index (κ2) is 6.17. The van der Waals surface area contributed by atoms with Gasteiger partial charge in [-0.15, -0.1) is 0 Å². The fourth-order valence-corrected chi connectivity index (χ4v) is 2.82. The number of aryl methyl sites for hydroxylation is 2. The number of H-pyrrole nitrogens is 1. The summed E-state index contributed by atoms with van der Waals surface area (Å²) in [6, 6.07) is 5.50.